The summed E-state index contributed by atoms with van der Waals surface area (Å²) in [6.45, 7) is 0. The molecule has 0 saturated carbocycles. The van der Waals surface area contributed by atoms with Crippen molar-refractivity contribution in [2.75, 3.05) is 0 Å². The van der Waals surface area contributed by atoms with Crippen molar-refractivity contribution >= 4 is 17.3 Å². The number of carbonyl (C=O) groups is 1. The topological polar surface area (TPSA) is 75.6 Å². The second-order valence-corrected chi connectivity index (χ2v) is 2.70. The van der Waals surface area contributed by atoms with Crippen molar-refractivity contribution in [3.8, 4) is 0 Å². The summed E-state index contributed by atoms with van der Waals surface area (Å²) in [5.74, 6) is -0.567. The standard InChI is InChI=1S/C7H7NO4S/c9-7(8-12-13(10)11)6-4-2-1-3-5-6/h1-5H,(H,8,9)(H,10,11). The first-order chi connectivity index (χ1) is 6.20. The molecule has 0 fully saturated rings. The molecule has 1 atom stereocenters. The Hall–Kier alpha value is -1.24. The van der Waals surface area contributed by atoms with E-state index in [9.17, 15) is 9.00 Å². The number of hydrogen-bond acceptors (Lipinski definition) is 3. The molecule has 70 valence electrons. The van der Waals surface area contributed by atoms with E-state index in [1.165, 1.54) is 0 Å². The van der Waals surface area contributed by atoms with Crippen LogP contribution in [-0.4, -0.2) is 14.7 Å². The second kappa shape index (κ2) is 4.70. The summed E-state index contributed by atoms with van der Waals surface area (Å²) in [6, 6.07) is 8.20. The molecule has 0 bridgehead atoms. The van der Waals surface area contributed by atoms with Gasteiger partial charge in [0.1, 0.15) is 0 Å². The minimum Gasteiger partial charge on any atom is -0.282 e. The van der Waals surface area contributed by atoms with Gasteiger partial charge in [-0.1, -0.05) is 18.2 Å². The van der Waals surface area contributed by atoms with Crippen LogP contribution in [-0.2, 0) is 15.6 Å². The number of carbonyl (C=O) groups excluding carboxylic acids is 1. The molecule has 0 aliphatic rings. The lowest BCUT2D eigenvalue weighted by Crippen LogP contribution is -2.24. The normalized spacial score (nSPS) is 12.1. The Morgan fingerprint density at radius 2 is 2.00 bits per heavy atom. The highest BCUT2D eigenvalue weighted by Gasteiger charge is 2.04. The predicted molar refractivity (Wildman–Crippen MR) is 45.8 cm³/mol. The Balaban J connectivity index is 2.54. The fourth-order valence-corrected chi connectivity index (χ4v) is 0.869. The van der Waals surface area contributed by atoms with E-state index in [4.69, 9.17) is 4.55 Å². The molecule has 1 rings (SSSR count). The fourth-order valence-electron chi connectivity index (χ4n) is 0.722. The molecule has 6 heteroatoms. The van der Waals surface area contributed by atoms with Gasteiger partial charge in [-0.05, 0) is 12.1 Å². The average Bonchev–Trinajstić information content (AvgIpc) is 2.15. The zero-order chi connectivity index (χ0) is 9.68. The van der Waals surface area contributed by atoms with Crippen LogP contribution in [0.4, 0.5) is 0 Å². The van der Waals surface area contributed by atoms with Gasteiger partial charge in [-0.2, -0.15) is 4.21 Å². The molecule has 0 aromatic heterocycles. The smallest absolute Gasteiger partial charge is 0.282 e. The lowest BCUT2D eigenvalue weighted by Gasteiger charge is -2.00. The van der Waals surface area contributed by atoms with Gasteiger partial charge in [0.05, 0.1) is 0 Å². The highest BCUT2D eigenvalue weighted by atomic mass is 32.2. The Labute approximate surface area is 77.2 Å². The van der Waals surface area contributed by atoms with Crippen molar-refractivity contribution in [2.24, 2.45) is 0 Å². The maximum Gasteiger partial charge on any atom is 0.324 e. The van der Waals surface area contributed by atoms with E-state index in [2.05, 4.69) is 4.28 Å². The molecule has 0 aliphatic heterocycles. The number of benzene rings is 1. The molecule has 2 N–H and O–H groups in total. The first kappa shape index (κ1) is 9.85. The van der Waals surface area contributed by atoms with Crippen molar-refractivity contribution in [2.45, 2.75) is 0 Å². The van der Waals surface area contributed by atoms with Gasteiger partial charge in [0.25, 0.3) is 5.91 Å². The van der Waals surface area contributed by atoms with Gasteiger partial charge < -0.3 is 0 Å². The van der Waals surface area contributed by atoms with Gasteiger partial charge in [0.2, 0.25) is 0 Å². The fraction of sp³-hybridized carbons (Fsp3) is 0. The summed E-state index contributed by atoms with van der Waals surface area (Å²) < 4.78 is 22.2. The van der Waals surface area contributed by atoms with Gasteiger partial charge in [-0.25, -0.2) is 5.48 Å². The van der Waals surface area contributed by atoms with Crippen LogP contribution in [0, 0.1) is 0 Å². The number of hydroxylamine groups is 1. The van der Waals surface area contributed by atoms with Gasteiger partial charge in [-0.3, -0.25) is 9.35 Å². The molecule has 1 unspecified atom stereocenters. The largest absolute Gasteiger partial charge is 0.324 e. The van der Waals surface area contributed by atoms with Crippen LogP contribution < -0.4 is 5.48 Å². The molecule has 13 heavy (non-hydrogen) atoms. The van der Waals surface area contributed by atoms with Gasteiger partial charge >= 0.3 is 11.4 Å². The quantitative estimate of drug-likeness (QED) is 0.551. The number of amides is 1. The zero-order valence-electron chi connectivity index (χ0n) is 6.47. The van der Waals surface area contributed by atoms with Crippen LogP contribution in [0.2, 0.25) is 0 Å². The van der Waals surface area contributed by atoms with E-state index in [1.807, 2.05) is 5.48 Å². The van der Waals surface area contributed by atoms with Gasteiger partial charge in [-0.15, -0.1) is 4.28 Å². The van der Waals surface area contributed by atoms with Crippen LogP contribution in [0.25, 0.3) is 0 Å². The molecule has 0 heterocycles. The van der Waals surface area contributed by atoms with Gasteiger partial charge in [0, 0.05) is 5.56 Å². The average molecular weight is 201 g/mol. The van der Waals surface area contributed by atoms with E-state index in [0.717, 1.165) is 0 Å². The van der Waals surface area contributed by atoms with E-state index < -0.39 is 17.3 Å². The molecule has 0 spiro atoms. The number of hydrogen-bond donors (Lipinski definition) is 2. The van der Waals surface area contributed by atoms with Crippen LogP contribution in [0.15, 0.2) is 30.3 Å². The third-order valence-corrected chi connectivity index (χ3v) is 1.47. The van der Waals surface area contributed by atoms with Crippen LogP contribution in [0.5, 0.6) is 0 Å². The number of rotatable bonds is 3. The molecule has 0 aliphatic carbocycles. The summed E-state index contributed by atoms with van der Waals surface area (Å²) in [5.41, 5.74) is 2.16. The SMILES string of the molecule is O=C(NOS(=O)O)c1ccccc1. The Bertz CT molecular complexity index is 314. The maximum absolute atomic E-state index is 11.1. The first-order valence-corrected chi connectivity index (χ1v) is 4.37. The highest BCUT2D eigenvalue weighted by Crippen LogP contribution is 1.97. The lowest BCUT2D eigenvalue weighted by atomic mass is 10.2. The molecule has 0 radical (unpaired) electrons. The van der Waals surface area contributed by atoms with Gasteiger partial charge in [0.15, 0.2) is 0 Å². The van der Waals surface area contributed by atoms with Crippen molar-refractivity contribution in [3.05, 3.63) is 35.9 Å². The Morgan fingerprint density at radius 3 is 2.54 bits per heavy atom. The molecule has 5 nitrogen and oxygen atoms in total. The zero-order valence-corrected chi connectivity index (χ0v) is 7.28. The molecule has 1 amide bonds. The maximum atomic E-state index is 11.1. The van der Waals surface area contributed by atoms with E-state index >= 15 is 0 Å². The third-order valence-electron chi connectivity index (χ3n) is 1.24. The van der Waals surface area contributed by atoms with Crippen LogP contribution >= 0.6 is 0 Å². The second-order valence-electron chi connectivity index (χ2n) is 2.10. The summed E-state index contributed by atoms with van der Waals surface area (Å²) >= 11 is -2.49. The summed E-state index contributed by atoms with van der Waals surface area (Å²) in [7, 11) is 0. The summed E-state index contributed by atoms with van der Waals surface area (Å²) in [4.78, 5) is 11.1. The summed E-state index contributed by atoms with van der Waals surface area (Å²) in [6.07, 6.45) is 0. The minimum absolute atomic E-state index is 0.355. The van der Waals surface area contributed by atoms with Crippen LogP contribution in [0.1, 0.15) is 10.4 Å². The van der Waals surface area contributed by atoms with Crippen molar-refractivity contribution in [3.63, 3.8) is 0 Å². The molecule has 1 aromatic carbocycles. The first-order valence-electron chi connectivity index (χ1n) is 3.33. The third kappa shape index (κ3) is 3.32. The molecular weight excluding hydrogens is 194 g/mol. The monoisotopic (exact) mass is 201 g/mol. The minimum atomic E-state index is -2.49. The number of nitrogens with one attached hydrogen (secondary N) is 1. The van der Waals surface area contributed by atoms with Crippen LogP contribution in [0.3, 0.4) is 0 Å². The summed E-state index contributed by atoms with van der Waals surface area (Å²) in [5, 5.41) is 0. The lowest BCUT2D eigenvalue weighted by molar-refractivity contribution is 0.0766. The molecule has 1 aromatic rings. The van der Waals surface area contributed by atoms with E-state index in [1.54, 1.807) is 30.3 Å². The Kier molecular flexibility index (Phi) is 3.56. The van der Waals surface area contributed by atoms with Crippen molar-refractivity contribution in [1.82, 2.24) is 5.48 Å². The highest BCUT2D eigenvalue weighted by molar-refractivity contribution is 7.74. The van der Waals surface area contributed by atoms with Crippen molar-refractivity contribution in [1.29, 1.82) is 0 Å². The van der Waals surface area contributed by atoms with Crippen molar-refractivity contribution < 1.29 is 17.8 Å². The Morgan fingerprint density at radius 1 is 1.38 bits per heavy atom. The predicted octanol–water partition coefficient (Wildman–Crippen LogP) is 0.485. The molecular formula is C7H7NO4S. The van der Waals surface area contributed by atoms with E-state index in [-0.39, 0.29) is 0 Å². The van der Waals surface area contributed by atoms with E-state index in [0.29, 0.717) is 5.56 Å². The molecule has 0 saturated heterocycles.